The Balaban J connectivity index is 1.71. The topological polar surface area (TPSA) is 106 Å². The molecule has 12 heteroatoms. The van der Waals surface area contributed by atoms with E-state index in [0.29, 0.717) is 22.9 Å². The smallest absolute Gasteiger partial charge is 0.405 e. The second kappa shape index (κ2) is 10.5. The molecule has 0 saturated carbocycles. The average Bonchev–Trinajstić information content (AvgIpc) is 3.22. The molecule has 2 aromatic rings. The van der Waals surface area contributed by atoms with Crippen LogP contribution in [0.3, 0.4) is 0 Å². The van der Waals surface area contributed by atoms with Crippen molar-refractivity contribution in [2.45, 2.75) is 12.6 Å². The van der Waals surface area contributed by atoms with Crippen molar-refractivity contribution in [2.24, 2.45) is 5.92 Å². The summed E-state index contributed by atoms with van der Waals surface area (Å²) in [5, 5.41) is 4.39. The summed E-state index contributed by atoms with van der Waals surface area (Å²) in [6, 6.07) is 8.71. The Kier molecular flexibility index (Phi) is 7.72. The molecular weight excluding hydrogens is 471 g/mol. The molecule has 2 N–H and O–H groups in total. The summed E-state index contributed by atoms with van der Waals surface area (Å²) in [6.07, 6.45) is -4.60. The van der Waals surface area contributed by atoms with E-state index in [9.17, 15) is 27.6 Å². The normalized spacial score (nSPS) is 15.5. The molecule has 0 aromatic heterocycles. The second-order valence-corrected chi connectivity index (χ2v) is 7.66. The minimum atomic E-state index is -4.54. The maximum absolute atomic E-state index is 12.8. The standard InChI is InChI=1S/C23H24F3N3O6/c1-33-17-9-16(10-18(34-2)20(17)35-3)29-11-14(8-19(29)30)22(32)28-15-6-4-5-13(7-15)21(31)27-12-23(24,25)26/h4-7,9-10,14H,8,11-12H2,1-3H3,(H,27,31)(H,28,32). The average molecular weight is 495 g/mol. The zero-order valence-corrected chi connectivity index (χ0v) is 19.2. The van der Waals surface area contributed by atoms with Gasteiger partial charge in [0, 0.05) is 36.3 Å². The van der Waals surface area contributed by atoms with Gasteiger partial charge >= 0.3 is 6.18 Å². The monoisotopic (exact) mass is 495 g/mol. The van der Waals surface area contributed by atoms with Crippen molar-refractivity contribution in [2.75, 3.05) is 44.6 Å². The number of anilines is 2. The number of nitrogens with one attached hydrogen (secondary N) is 2. The fourth-order valence-electron chi connectivity index (χ4n) is 3.62. The van der Waals surface area contributed by atoms with E-state index in [1.165, 1.54) is 50.5 Å². The van der Waals surface area contributed by atoms with Crippen LogP contribution < -0.4 is 29.7 Å². The number of carbonyl (C=O) groups is 3. The van der Waals surface area contributed by atoms with E-state index in [4.69, 9.17) is 14.2 Å². The lowest BCUT2D eigenvalue weighted by Crippen LogP contribution is -2.33. The van der Waals surface area contributed by atoms with Crippen molar-refractivity contribution in [1.82, 2.24) is 5.32 Å². The van der Waals surface area contributed by atoms with Gasteiger partial charge in [0.2, 0.25) is 17.6 Å². The van der Waals surface area contributed by atoms with Crippen LogP contribution >= 0.6 is 0 Å². The molecule has 0 aliphatic carbocycles. The van der Waals surface area contributed by atoms with Gasteiger partial charge in [-0.2, -0.15) is 13.2 Å². The number of rotatable bonds is 8. The second-order valence-electron chi connectivity index (χ2n) is 7.66. The zero-order chi connectivity index (χ0) is 25.8. The van der Waals surface area contributed by atoms with E-state index in [2.05, 4.69) is 5.32 Å². The highest BCUT2D eigenvalue weighted by molar-refractivity contribution is 6.04. The van der Waals surface area contributed by atoms with E-state index in [0.717, 1.165) is 0 Å². The number of halogens is 3. The van der Waals surface area contributed by atoms with E-state index in [1.807, 2.05) is 0 Å². The molecule has 35 heavy (non-hydrogen) atoms. The van der Waals surface area contributed by atoms with Crippen molar-refractivity contribution >= 4 is 29.1 Å². The van der Waals surface area contributed by atoms with Gasteiger partial charge in [-0.1, -0.05) is 6.07 Å². The lowest BCUT2D eigenvalue weighted by molar-refractivity contribution is -0.123. The van der Waals surface area contributed by atoms with Crippen LogP contribution in [0.2, 0.25) is 0 Å². The molecule has 1 aliphatic heterocycles. The van der Waals surface area contributed by atoms with Crippen LogP contribution in [0.4, 0.5) is 24.5 Å². The van der Waals surface area contributed by atoms with Gasteiger partial charge < -0.3 is 29.7 Å². The molecule has 0 spiro atoms. The molecule has 3 amide bonds. The SMILES string of the molecule is COc1cc(N2CC(C(=O)Nc3cccc(C(=O)NCC(F)(F)F)c3)CC2=O)cc(OC)c1OC. The Bertz CT molecular complexity index is 1100. The molecule has 0 bridgehead atoms. The summed E-state index contributed by atoms with van der Waals surface area (Å²) in [7, 11) is 4.34. The summed E-state index contributed by atoms with van der Waals surface area (Å²) < 4.78 is 52.9. The minimum absolute atomic E-state index is 0.0476. The summed E-state index contributed by atoms with van der Waals surface area (Å²) >= 11 is 0. The number of nitrogens with zero attached hydrogens (tertiary/aromatic N) is 1. The van der Waals surface area contributed by atoms with Gasteiger partial charge in [-0.3, -0.25) is 14.4 Å². The summed E-state index contributed by atoms with van der Waals surface area (Å²) in [5.41, 5.74) is 0.630. The Morgan fingerprint density at radius 3 is 2.29 bits per heavy atom. The molecule has 3 rings (SSSR count). The highest BCUT2D eigenvalue weighted by Gasteiger charge is 2.36. The number of methoxy groups -OCH3 is 3. The quantitative estimate of drug-likeness (QED) is 0.583. The van der Waals surface area contributed by atoms with E-state index in [1.54, 1.807) is 17.4 Å². The molecule has 9 nitrogen and oxygen atoms in total. The van der Waals surface area contributed by atoms with E-state index >= 15 is 0 Å². The number of hydrogen-bond acceptors (Lipinski definition) is 6. The maximum atomic E-state index is 12.8. The van der Waals surface area contributed by atoms with Gasteiger partial charge in [0.05, 0.1) is 32.9 Å². The van der Waals surface area contributed by atoms with Crippen LogP contribution in [0, 0.1) is 5.92 Å². The summed E-state index contributed by atoms with van der Waals surface area (Å²) in [6.45, 7) is -1.39. The van der Waals surface area contributed by atoms with Crippen LogP contribution in [0.15, 0.2) is 36.4 Å². The molecule has 1 saturated heterocycles. The van der Waals surface area contributed by atoms with Crippen LogP contribution in [-0.2, 0) is 9.59 Å². The minimum Gasteiger partial charge on any atom is -0.493 e. The van der Waals surface area contributed by atoms with Gasteiger partial charge in [0.1, 0.15) is 6.54 Å². The van der Waals surface area contributed by atoms with Crippen molar-refractivity contribution in [1.29, 1.82) is 0 Å². The first kappa shape index (κ1) is 25.7. The first-order valence-corrected chi connectivity index (χ1v) is 10.4. The van der Waals surface area contributed by atoms with Gasteiger partial charge in [-0.05, 0) is 18.2 Å². The van der Waals surface area contributed by atoms with Crippen molar-refractivity contribution in [3.63, 3.8) is 0 Å². The molecule has 0 radical (unpaired) electrons. The van der Waals surface area contributed by atoms with Crippen LogP contribution in [0.5, 0.6) is 17.2 Å². The lowest BCUT2D eigenvalue weighted by atomic mass is 10.1. The van der Waals surface area contributed by atoms with Crippen molar-refractivity contribution in [3.05, 3.63) is 42.0 Å². The lowest BCUT2D eigenvalue weighted by Gasteiger charge is -2.20. The van der Waals surface area contributed by atoms with E-state index < -0.39 is 30.5 Å². The van der Waals surface area contributed by atoms with Gasteiger partial charge in [-0.15, -0.1) is 0 Å². The number of ether oxygens (including phenoxy) is 3. The predicted molar refractivity (Wildman–Crippen MR) is 120 cm³/mol. The first-order valence-electron chi connectivity index (χ1n) is 10.4. The molecule has 1 unspecified atom stereocenters. The Morgan fingerprint density at radius 1 is 1.06 bits per heavy atom. The molecule has 2 aromatic carbocycles. The van der Waals surface area contributed by atoms with E-state index in [-0.39, 0.29) is 30.1 Å². The first-order chi connectivity index (χ1) is 16.6. The van der Waals surface area contributed by atoms with Crippen molar-refractivity contribution < 1.29 is 41.8 Å². The summed E-state index contributed by atoms with van der Waals surface area (Å²) in [5.74, 6) is -1.33. The molecule has 1 aliphatic rings. The van der Waals surface area contributed by atoms with Crippen molar-refractivity contribution in [3.8, 4) is 17.2 Å². The van der Waals surface area contributed by atoms with Crippen LogP contribution in [0.1, 0.15) is 16.8 Å². The Labute approximate surface area is 199 Å². The summed E-state index contributed by atoms with van der Waals surface area (Å²) in [4.78, 5) is 38.9. The fourth-order valence-corrected chi connectivity index (χ4v) is 3.62. The maximum Gasteiger partial charge on any atom is 0.405 e. The van der Waals surface area contributed by atoms with Gasteiger partial charge in [0.25, 0.3) is 5.91 Å². The number of alkyl halides is 3. The largest absolute Gasteiger partial charge is 0.493 e. The number of amides is 3. The highest BCUT2D eigenvalue weighted by atomic mass is 19.4. The third-order valence-electron chi connectivity index (χ3n) is 5.30. The van der Waals surface area contributed by atoms with Gasteiger partial charge in [-0.25, -0.2) is 0 Å². The molecule has 188 valence electrons. The fraction of sp³-hybridized carbons (Fsp3) is 0.348. The molecule has 1 atom stereocenters. The number of carbonyl (C=O) groups excluding carboxylic acids is 3. The Hall–Kier alpha value is -3.96. The number of hydrogen-bond donors (Lipinski definition) is 2. The molecule has 1 heterocycles. The Morgan fingerprint density at radius 2 is 1.71 bits per heavy atom. The third kappa shape index (κ3) is 6.14. The molecule has 1 fully saturated rings. The predicted octanol–water partition coefficient (Wildman–Crippen LogP) is 3.00. The third-order valence-corrected chi connectivity index (χ3v) is 5.30. The highest BCUT2D eigenvalue weighted by Crippen LogP contribution is 2.42. The zero-order valence-electron chi connectivity index (χ0n) is 19.2. The number of benzene rings is 2. The molecular formula is C23H24F3N3O6. The van der Waals surface area contributed by atoms with Gasteiger partial charge in [0.15, 0.2) is 11.5 Å². The van der Waals surface area contributed by atoms with Crippen LogP contribution in [0.25, 0.3) is 0 Å². The van der Waals surface area contributed by atoms with Crippen LogP contribution in [-0.4, -0.2) is 58.3 Å².